The van der Waals surface area contributed by atoms with Crippen LogP contribution in [0.15, 0.2) is 53.4 Å². The second-order valence-corrected chi connectivity index (χ2v) is 5.80. The molecule has 0 fully saturated rings. The lowest BCUT2D eigenvalue weighted by atomic mass is 10.2. The van der Waals surface area contributed by atoms with E-state index in [1.807, 2.05) is 0 Å². The predicted octanol–water partition coefficient (Wildman–Crippen LogP) is 2.66. The molecule has 0 aliphatic heterocycles. The molecule has 2 aromatic rings. The van der Waals surface area contributed by atoms with Crippen LogP contribution in [-0.2, 0) is 9.53 Å². The third kappa shape index (κ3) is 5.54. The van der Waals surface area contributed by atoms with Crippen LogP contribution >= 0.6 is 11.8 Å². The first-order valence-corrected chi connectivity index (χ1v) is 8.15. The van der Waals surface area contributed by atoms with Crippen LogP contribution in [0.25, 0.3) is 0 Å². The van der Waals surface area contributed by atoms with Crippen molar-refractivity contribution in [1.29, 1.82) is 0 Å². The second-order valence-electron chi connectivity index (χ2n) is 4.78. The van der Waals surface area contributed by atoms with Crippen LogP contribution in [0.3, 0.4) is 0 Å². The standard InChI is InChI=1S/C17H16N2O5S/c1-23-17(22)19-11-6-8-12(9-7-11)24-16(21)13-4-2-3-5-14(13)25-10-15(18)20/h2-9H,10H2,1H3,(H2,18,20)(H,19,22). The number of esters is 1. The summed E-state index contributed by atoms with van der Waals surface area (Å²) in [5.74, 6) is -0.642. The number of hydrogen-bond donors (Lipinski definition) is 2. The van der Waals surface area contributed by atoms with Gasteiger partial charge in [-0.3, -0.25) is 10.1 Å². The number of primary amides is 1. The van der Waals surface area contributed by atoms with E-state index in [1.54, 1.807) is 48.5 Å². The van der Waals surface area contributed by atoms with Crippen LogP contribution in [0.5, 0.6) is 5.75 Å². The average molecular weight is 360 g/mol. The minimum atomic E-state index is -0.592. The molecule has 2 amide bonds. The lowest BCUT2D eigenvalue weighted by Crippen LogP contribution is -2.14. The zero-order valence-electron chi connectivity index (χ0n) is 13.4. The highest BCUT2D eigenvalue weighted by Gasteiger charge is 2.14. The Bertz CT molecular complexity index is 777. The molecule has 0 atom stereocenters. The molecule has 0 aliphatic carbocycles. The Hall–Kier alpha value is -3.00. The SMILES string of the molecule is COC(=O)Nc1ccc(OC(=O)c2ccccc2SCC(N)=O)cc1. The molecule has 8 heteroatoms. The van der Waals surface area contributed by atoms with E-state index in [1.165, 1.54) is 18.9 Å². The highest BCUT2D eigenvalue weighted by Crippen LogP contribution is 2.24. The number of anilines is 1. The maximum Gasteiger partial charge on any atom is 0.411 e. The molecule has 0 aliphatic rings. The molecule has 130 valence electrons. The van der Waals surface area contributed by atoms with Crippen molar-refractivity contribution >= 4 is 35.4 Å². The topological polar surface area (TPSA) is 108 Å². The Morgan fingerprint density at radius 3 is 2.40 bits per heavy atom. The monoisotopic (exact) mass is 360 g/mol. The number of thioether (sulfide) groups is 1. The summed E-state index contributed by atoms with van der Waals surface area (Å²) in [6, 6.07) is 13.0. The number of nitrogens with two attached hydrogens (primary N) is 1. The van der Waals surface area contributed by atoms with E-state index in [0.717, 1.165) is 0 Å². The average Bonchev–Trinajstić information content (AvgIpc) is 2.61. The molecule has 0 bridgehead atoms. The predicted molar refractivity (Wildman–Crippen MR) is 93.8 cm³/mol. The molecule has 0 radical (unpaired) electrons. The van der Waals surface area contributed by atoms with Crippen molar-refractivity contribution in [2.75, 3.05) is 18.2 Å². The molecule has 0 saturated heterocycles. The Balaban J connectivity index is 2.07. The molecule has 25 heavy (non-hydrogen) atoms. The molecule has 0 saturated carbocycles. The summed E-state index contributed by atoms with van der Waals surface area (Å²) in [4.78, 5) is 35.0. The summed E-state index contributed by atoms with van der Waals surface area (Å²) in [6.07, 6.45) is -0.592. The number of carbonyl (C=O) groups is 3. The summed E-state index contributed by atoms with van der Waals surface area (Å²) < 4.78 is 9.81. The molecule has 0 aromatic heterocycles. The van der Waals surface area contributed by atoms with Gasteiger partial charge in [0, 0.05) is 10.6 Å². The lowest BCUT2D eigenvalue weighted by Gasteiger charge is -2.09. The number of hydrogen-bond acceptors (Lipinski definition) is 6. The quantitative estimate of drug-likeness (QED) is 0.466. The first kappa shape index (κ1) is 18.3. The number of ether oxygens (including phenoxy) is 2. The number of amides is 2. The molecule has 2 aromatic carbocycles. The van der Waals surface area contributed by atoms with E-state index in [4.69, 9.17) is 10.5 Å². The maximum absolute atomic E-state index is 12.3. The Kier molecular flexibility index (Phi) is 6.41. The number of benzene rings is 2. The van der Waals surface area contributed by atoms with Gasteiger partial charge in [0.15, 0.2) is 0 Å². The van der Waals surface area contributed by atoms with Gasteiger partial charge in [0.05, 0.1) is 18.4 Å². The molecule has 0 spiro atoms. The number of methoxy groups -OCH3 is 1. The number of rotatable bonds is 6. The third-order valence-electron chi connectivity index (χ3n) is 2.97. The molecule has 3 N–H and O–H groups in total. The van der Waals surface area contributed by atoms with Crippen molar-refractivity contribution in [3.63, 3.8) is 0 Å². The summed E-state index contributed by atoms with van der Waals surface area (Å²) in [7, 11) is 1.26. The fourth-order valence-corrected chi connectivity index (χ4v) is 2.63. The summed E-state index contributed by atoms with van der Waals surface area (Å²) in [6.45, 7) is 0. The molecule has 2 rings (SSSR count). The normalized spacial score (nSPS) is 9.96. The van der Waals surface area contributed by atoms with Crippen molar-refractivity contribution in [3.8, 4) is 5.75 Å². The maximum atomic E-state index is 12.3. The van der Waals surface area contributed by atoms with Crippen molar-refractivity contribution in [2.24, 2.45) is 5.73 Å². The van der Waals surface area contributed by atoms with Crippen molar-refractivity contribution in [1.82, 2.24) is 0 Å². The van der Waals surface area contributed by atoms with E-state index in [2.05, 4.69) is 10.1 Å². The van der Waals surface area contributed by atoms with Crippen molar-refractivity contribution in [3.05, 3.63) is 54.1 Å². The van der Waals surface area contributed by atoms with E-state index in [0.29, 0.717) is 21.9 Å². The van der Waals surface area contributed by atoms with E-state index >= 15 is 0 Å². The first-order chi connectivity index (χ1) is 12.0. The molecule has 7 nitrogen and oxygen atoms in total. The van der Waals surface area contributed by atoms with Gasteiger partial charge in [-0.05, 0) is 36.4 Å². The zero-order valence-corrected chi connectivity index (χ0v) is 14.2. The summed E-state index contributed by atoms with van der Waals surface area (Å²) in [5.41, 5.74) is 5.98. The van der Waals surface area contributed by atoms with Crippen LogP contribution in [0.2, 0.25) is 0 Å². The number of nitrogens with one attached hydrogen (secondary N) is 1. The van der Waals surface area contributed by atoms with Gasteiger partial charge in [0.2, 0.25) is 5.91 Å². The van der Waals surface area contributed by atoms with Gasteiger partial charge in [0.1, 0.15) is 5.75 Å². The van der Waals surface area contributed by atoms with Gasteiger partial charge >= 0.3 is 12.1 Å². The van der Waals surface area contributed by atoms with E-state index in [-0.39, 0.29) is 5.75 Å². The minimum Gasteiger partial charge on any atom is -0.453 e. The van der Waals surface area contributed by atoms with Gasteiger partial charge in [0.25, 0.3) is 0 Å². The minimum absolute atomic E-state index is 0.0676. The van der Waals surface area contributed by atoms with Crippen LogP contribution < -0.4 is 15.8 Å². The molecule has 0 unspecified atom stereocenters. The van der Waals surface area contributed by atoms with Crippen molar-refractivity contribution < 1.29 is 23.9 Å². The Labute approximate surface area is 148 Å². The highest BCUT2D eigenvalue weighted by atomic mass is 32.2. The molecular formula is C17H16N2O5S. The van der Waals surface area contributed by atoms with Gasteiger partial charge in [-0.25, -0.2) is 9.59 Å². The highest BCUT2D eigenvalue weighted by molar-refractivity contribution is 8.00. The summed E-state index contributed by atoms with van der Waals surface area (Å²) in [5, 5.41) is 2.49. The largest absolute Gasteiger partial charge is 0.453 e. The van der Waals surface area contributed by atoms with Gasteiger partial charge < -0.3 is 15.2 Å². The van der Waals surface area contributed by atoms with E-state index in [9.17, 15) is 14.4 Å². The fourth-order valence-electron chi connectivity index (χ4n) is 1.85. The summed E-state index contributed by atoms with van der Waals surface area (Å²) >= 11 is 1.17. The van der Waals surface area contributed by atoms with Crippen LogP contribution in [0, 0.1) is 0 Å². The van der Waals surface area contributed by atoms with Gasteiger partial charge in [-0.15, -0.1) is 11.8 Å². The zero-order chi connectivity index (χ0) is 18.2. The molecular weight excluding hydrogens is 344 g/mol. The smallest absolute Gasteiger partial charge is 0.411 e. The molecule has 0 heterocycles. The Morgan fingerprint density at radius 2 is 1.76 bits per heavy atom. The lowest BCUT2D eigenvalue weighted by molar-refractivity contribution is -0.115. The second kappa shape index (κ2) is 8.74. The Morgan fingerprint density at radius 1 is 1.08 bits per heavy atom. The first-order valence-electron chi connectivity index (χ1n) is 7.17. The van der Waals surface area contributed by atoms with Crippen LogP contribution in [-0.4, -0.2) is 30.8 Å². The van der Waals surface area contributed by atoms with E-state index < -0.39 is 18.0 Å². The van der Waals surface area contributed by atoms with Crippen LogP contribution in [0.4, 0.5) is 10.5 Å². The van der Waals surface area contributed by atoms with Gasteiger partial charge in [-0.2, -0.15) is 0 Å². The van der Waals surface area contributed by atoms with Crippen molar-refractivity contribution in [2.45, 2.75) is 4.90 Å². The number of carbonyl (C=O) groups excluding carboxylic acids is 3. The van der Waals surface area contributed by atoms with Crippen LogP contribution in [0.1, 0.15) is 10.4 Å². The van der Waals surface area contributed by atoms with Gasteiger partial charge in [-0.1, -0.05) is 12.1 Å². The fraction of sp³-hybridized carbons (Fsp3) is 0.118. The third-order valence-corrected chi connectivity index (χ3v) is 4.07.